The summed E-state index contributed by atoms with van der Waals surface area (Å²) in [5, 5.41) is 11.7. The summed E-state index contributed by atoms with van der Waals surface area (Å²) >= 11 is 5.66. The predicted octanol–water partition coefficient (Wildman–Crippen LogP) is 1.26. The fraction of sp³-hybridized carbons (Fsp3) is 0.111. The van der Waals surface area contributed by atoms with Crippen molar-refractivity contribution in [3.63, 3.8) is 0 Å². The van der Waals surface area contributed by atoms with Crippen LogP contribution < -0.4 is 0 Å². The second-order valence-electron chi connectivity index (χ2n) is 3.04. The highest BCUT2D eigenvalue weighted by Gasteiger charge is 2.06. The molecule has 0 fully saturated rings. The van der Waals surface area contributed by atoms with Gasteiger partial charge in [0.25, 0.3) is 0 Å². The van der Waals surface area contributed by atoms with E-state index in [1.807, 2.05) is 0 Å². The average molecular weight is 278 g/mol. The van der Waals surface area contributed by atoms with E-state index in [1.54, 1.807) is 0 Å². The lowest BCUT2D eigenvalue weighted by Gasteiger charge is -1.99. The molecule has 0 saturated heterocycles. The van der Waals surface area contributed by atoms with Crippen molar-refractivity contribution in [1.82, 2.24) is 0 Å². The molecule has 1 rings (SSSR count). The van der Waals surface area contributed by atoms with E-state index >= 15 is 0 Å². The molecule has 0 aliphatic rings. The molecule has 0 heterocycles. The van der Waals surface area contributed by atoms with Crippen molar-refractivity contribution in [2.75, 3.05) is 6.26 Å². The molecule has 0 amide bonds. The summed E-state index contributed by atoms with van der Waals surface area (Å²) in [4.78, 5) is 10.6. The number of oxime groups is 1. The number of benzene rings is 1. The third-order valence-corrected chi connectivity index (χ3v) is 2.26. The van der Waals surface area contributed by atoms with Crippen LogP contribution in [0.5, 0.6) is 0 Å². The number of aromatic carboxylic acids is 1. The van der Waals surface area contributed by atoms with Gasteiger partial charge in [0.05, 0.1) is 11.8 Å². The number of hydrogen-bond donors (Lipinski definition) is 1. The summed E-state index contributed by atoms with van der Waals surface area (Å²) < 4.78 is 25.4. The van der Waals surface area contributed by atoms with Crippen LogP contribution in [0.4, 0.5) is 0 Å². The number of rotatable bonds is 4. The first-order valence-electron chi connectivity index (χ1n) is 4.25. The van der Waals surface area contributed by atoms with Crippen LogP contribution >= 0.6 is 11.6 Å². The van der Waals surface area contributed by atoms with E-state index in [4.69, 9.17) is 16.7 Å². The van der Waals surface area contributed by atoms with Crippen molar-refractivity contribution in [3.05, 3.63) is 35.4 Å². The first-order chi connectivity index (χ1) is 7.79. The lowest BCUT2D eigenvalue weighted by atomic mass is 10.1. The van der Waals surface area contributed by atoms with E-state index in [1.165, 1.54) is 24.3 Å². The zero-order chi connectivity index (χ0) is 13.1. The van der Waals surface area contributed by atoms with E-state index < -0.39 is 16.1 Å². The lowest BCUT2D eigenvalue weighted by Crippen LogP contribution is -2.01. The Kier molecular flexibility index (Phi) is 4.08. The predicted molar refractivity (Wildman–Crippen MR) is 61.7 cm³/mol. The number of carbonyl (C=O) groups is 1. The van der Waals surface area contributed by atoms with Crippen molar-refractivity contribution >= 4 is 32.9 Å². The monoisotopic (exact) mass is 277 g/mol. The average Bonchev–Trinajstić information content (AvgIpc) is 2.25. The van der Waals surface area contributed by atoms with Gasteiger partial charge in [0.1, 0.15) is 0 Å². The van der Waals surface area contributed by atoms with Gasteiger partial charge in [0.15, 0.2) is 5.17 Å². The number of carboxylic acids is 1. The molecule has 92 valence electrons. The molecule has 0 aliphatic heterocycles. The van der Waals surface area contributed by atoms with Crippen LogP contribution in [0.3, 0.4) is 0 Å². The molecule has 0 radical (unpaired) electrons. The first-order valence-corrected chi connectivity index (χ1v) is 6.45. The Bertz CT molecular complexity index is 549. The molecule has 0 aromatic heterocycles. The van der Waals surface area contributed by atoms with Gasteiger partial charge in [0.2, 0.25) is 0 Å². The summed E-state index contributed by atoms with van der Waals surface area (Å²) in [6.07, 6.45) is 0.828. The van der Waals surface area contributed by atoms with Gasteiger partial charge in [-0.15, -0.1) is 0 Å². The summed E-state index contributed by atoms with van der Waals surface area (Å²) in [6, 6.07) is 5.41. The smallest absolute Gasteiger partial charge is 0.335 e. The fourth-order valence-corrected chi connectivity index (χ4v) is 1.31. The van der Waals surface area contributed by atoms with Crippen molar-refractivity contribution < 1.29 is 22.6 Å². The third kappa shape index (κ3) is 4.41. The maximum Gasteiger partial charge on any atom is 0.335 e. The first kappa shape index (κ1) is 13.5. The number of nitrogens with zero attached hydrogens (tertiary/aromatic N) is 1. The van der Waals surface area contributed by atoms with Crippen LogP contribution in [0.25, 0.3) is 0 Å². The zero-order valence-electron chi connectivity index (χ0n) is 8.62. The molecule has 8 heteroatoms. The Hall–Kier alpha value is -1.60. The van der Waals surface area contributed by atoms with Crippen LogP contribution in [0.2, 0.25) is 0 Å². The zero-order valence-corrected chi connectivity index (χ0v) is 10.2. The maximum atomic E-state index is 10.6. The van der Waals surface area contributed by atoms with Crippen LogP contribution in [-0.2, 0) is 14.4 Å². The van der Waals surface area contributed by atoms with Crippen molar-refractivity contribution in [2.45, 2.75) is 0 Å². The molecular formula is C9H8ClNO5S. The van der Waals surface area contributed by atoms with Crippen molar-refractivity contribution in [2.24, 2.45) is 5.16 Å². The van der Waals surface area contributed by atoms with Crippen LogP contribution in [0.15, 0.2) is 29.4 Å². The summed E-state index contributed by atoms with van der Waals surface area (Å²) in [7, 11) is -3.71. The van der Waals surface area contributed by atoms with E-state index in [2.05, 4.69) is 9.44 Å². The maximum absolute atomic E-state index is 10.6. The minimum absolute atomic E-state index is 0.0854. The fourth-order valence-electron chi connectivity index (χ4n) is 0.903. The van der Waals surface area contributed by atoms with E-state index in [9.17, 15) is 13.2 Å². The Morgan fingerprint density at radius 1 is 1.29 bits per heavy atom. The number of carboxylic acid groups (broad SMARTS) is 1. The van der Waals surface area contributed by atoms with Gasteiger partial charge in [-0.25, -0.2) is 4.79 Å². The second kappa shape index (κ2) is 5.15. The standard InChI is InChI=1S/C9H8ClNO5S/c1-17(14,15)16-11-8(10)6-2-4-7(5-3-6)9(12)13/h2-5H,1H3,(H,12,13)/b11-8-. The van der Waals surface area contributed by atoms with Crippen molar-refractivity contribution in [1.29, 1.82) is 0 Å². The molecule has 1 aromatic rings. The summed E-state index contributed by atoms with van der Waals surface area (Å²) in [6.45, 7) is 0. The molecule has 0 saturated carbocycles. The van der Waals surface area contributed by atoms with E-state index in [0.29, 0.717) is 5.56 Å². The Labute approximate surface area is 103 Å². The highest BCUT2D eigenvalue weighted by molar-refractivity contribution is 7.85. The Morgan fingerprint density at radius 3 is 2.18 bits per heavy atom. The molecule has 0 aliphatic carbocycles. The van der Waals surface area contributed by atoms with Gasteiger partial charge in [-0.2, -0.15) is 8.42 Å². The number of halogens is 1. The van der Waals surface area contributed by atoms with Gasteiger partial charge >= 0.3 is 16.1 Å². The minimum atomic E-state index is -3.71. The molecule has 0 bridgehead atoms. The Morgan fingerprint density at radius 2 is 1.76 bits per heavy atom. The molecule has 17 heavy (non-hydrogen) atoms. The quantitative estimate of drug-likeness (QED) is 0.660. The Balaban J connectivity index is 2.90. The van der Waals surface area contributed by atoms with Gasteiger partial charge in [-0.3, -0.25) is 4.28 Å². The lowest BCUT2D eigenvalue weighted by molar-refractivity contribution is 0.0697. The van der Waals surface area contributed by atoms with Gasteiger partial charge < -0.3 is 5.11 Å². The largest absolute Gasteiger partial charge is 0.478 e. The molecular weight excluding hydrogens is 270 g/mol. The second-order valence-corrected chi connectivity index (χ2v) is 4.96. The third-order valence-electron chi connectivity index (χ3n) is 1.62. The molecule has 6 nitrogen and oxygen atoms in total. The van der Waals surface area contributed by atoms with Gasteiger partial charge in [-0.1, -0.05) is 28.9 Å². The van der Waals surface area contributed by atoms with E-state index in [-0.39, 0.29) is 10.7 Å². The normalized spacial score (nSPS) is 12.2. The molecule has 0 unspecified atom stereocenters. The van der Waals surface area contributed by atoms with E-state index in [0.717, 1.165) is 6.26 Å². The van der Waals surface area contributed by atoms with Crippen LogP contribution in [-0.4, -0.2) is 30.9 Å². The number of hydrogen-bond acceptors (Lipinski definition) is 5. The van der Waals surface area contributed by atoms with Crippen molar-refractivity contribution in [3.8, 4) is 0 Å². The van der Waals surface area contributed by atoms with Crippen LogP contribution in [0.1, 0.15) is 15.9 Å². The van der Waals surface area contributed by atoms with Gasteiger partial charge in [-0.05, 0) is 12.1 Å². The molecule has 0 spiro atoms. The summed E-state index contributed by atoms with van der Waals surface area (Å²) in [5.41, 5.74) is 0.433. The van der Waals surface area contributed by atoms with Crippen LogP contribution in [0, 0.1) is 0 Å². The topological polar surface area (TPSA) is 93.0 Å². The van der Waals surface area contributed by atoms with Gasteiger partial charge in [0, 0.05) is 5.56 Å². The molecule has 0 atom stereocenters. The molecule has 1 N–H and O–H groups in total. The molecule has 1 aromatic carbocycles. The highest BCUT2D eigenvalue weighted by Crippen LogP contribution is 2.09. The highest BCUT2D eigenvalue weighted by atomic mass is 35.5. The minimum Gasteiger partial charge on any atom is -0.478 e. The summed E-state index contributed by atoms with van der Waals surface area (Å²) in [5.74, 6) is -1.07. The SMILES string of the molecule is CS(=O)(=O)O/N=C(\Cl)c1ccc(C(=O)O)cc1.